The molecule has 0 bridgehead atoms. The first-order chi connectivity index (χ1) is 9.90. The molecule has 2 rings (SSSR count). The minimum absolute atomic E-state index is 0.0330. The van der Waals surface area contributed by atoms with Crippen LogP contribution in [0.2, 0.25) is 10.0 Å². The van der Waals surface area contributed by atoms with Crippen molar-refractivity contribution in [3.63, 3.8) is 0 Å². The number of benzene rings is 1. The Bertz CT molecular complexity index is 736. The molecule has 9 heteroatoms. The molecular formula is C12H6Cl2N2O5. The molecule has 0 aliphatic rings. The Morgan fingerprint density at radius 1 is 1.33 bits per heavy atom. The average Bonchev–Trinajstić information content (AvgIpc) is 2.43. The van der Waals surface area contributed by atoms with Crippen molar-refractivity contribution in [2.75, 3.05) is 0 Å². The topological polar surface area (TPSA) is 103 Å². The monoisotopic (exact) mass is 328 g/mol. The second-order valence-electron chi connectivity index (χ2n) is 3.76. The molecular weight excluding hydrogens is 323 g/mol. The van der Waals surface area contributed by atoms with Crippen LogP contribution < -0.4 is 4.74 Å². The van der Waals surface area contributed by atoms with Gasteiger partial charge in [-0.05, 0) is 12.1 Å². The van der Waals surface area contributed by atoms with Crippen molar-refractivity contribution in [2.24, 2.45) is 0 Å². The normalized spacial score (nSPS) is 10.2. The van der Waals surface area contributed by atoms with E-state index in [0.29, 0.717) is 0 Å². The van der Waals surface area contributed by atoms with E-state index in [1.807, 2.05) is 0 Å². The molecule has 0 unspecified atom stereocenters. The molecule has 21 heavy (non-hydrogen) atoms. The minimum Gasteiger partial charge on any atom is -0.477 e. The quantitative estimate of drug-likeness (QED) is 0.676. The highest BCUT2D eigenvalue weighted by Crippen LogP contribution is 2.33. The summed E-state index contributed by atoms with van der Waals surface area (Å²) in [6, 6.07) is 4.73. The van der Waals surface area contributed by atoms with Gasteiger partial charge in [0.05, 0.1) is 9.95 Å². The number of halogens is 2. The lowest BCUT2D eigenvalue weighted by atomic mass is 10.1. The summed E-state index contributed by atoms with van der Waals surface area (Å²) in [5, 5.41) is 20.0. The number of rotatable bonds is 4. The molecule has 0 saturated heterocycles. The number of carboxylic acids is 1. The number of pyridine rings is 1. The number of nitrogens with zero attached hydrogens (tertiary/aromatic N) is 2. The van der Waals surface area contributed by atoms with E-state index in [0.717, 1.165) is 12.1 Å². The third-order valence-electron chi connectivity index (χ3n) is 2.42. The van der Waals surface area contributed by atoms with E-state index < -0.39 is 22.1 Å². The smallest absolute Gasteiger partial charge is 0.342 e. The highest BCUT2D eigenvalue weighted by Gasteiger charge is 2.21. The number of nitro groups is 1. The maximum Gasteiger partial charge on any atom is 0.342 e. The van der Waals surface area contributed by atoms with Gasteiger partial charge >= 0.3 is 5.97 Å². The summed E-state index contributed by atoms with van der Waals surface area (Å²) in [5.74, 6) is -1.44. The lowest BCUT2D eigenvalue weighted by Crippen LogP contribution is -2.03. The molecule has 1 heterocycles. The van der Waals surface area contributed by atoms with Crippen LogP contribution in [-0.4, -0.2) is 21.0 Å². The largest absolute Gasteiger partial charge is 0.477 e. The summed E-state index contributed by atoms with van der Waals surface area (Å²) in [6.07, 6.45) is 1.35. The summed E-state index contributed by atoms with van der Waals surface area (Å²) in [7, 11) is 0. The van der Waals surface area contributed by atoms with Crippen LogP contribution in [0.1, 0.15) is 10.4 Å². The summed E-state index contributed by atoms with van der Waals surface area (Å²) in [6.45, 7) is 0. The maximum atomic E-state index is 11.0. The van der Waals surface area contributed by atoms with Gasteiger partial charge in [0.1, 0.15) is 16.3 Å². The van der Waals surface area contributed by atoms with Gasteiger partial charge in [-0.2, -0.15) is 0 Å². The Morgan fingerprint density at radius 2 is 2.05 bits per heavy atom. The van der Waals surface area contributed by atoms with Crippen molar-refractivity contribution in [3.8, 4) is 11.6 Å². The number of hydrogen-bond acceptors (Lipinski definition) is 5. The molecule has 2 aromatic rings. The van der Waals surface area contributed by atoms with Gasteiger partial charge < -0.3 is 9.84 Å². The number of carboxylic acid groups (broad SMARTS) is 1. The fourth-order valence-electron chi connectivity index (χ4n) is 1.49. The van der Waals surface area contributed by atoms with E-state index in [4.69, 9.17) is 33.0 Å². The number of ether oxygens (including phenoxy) is 1. The van der Waals surface area contributed by atoms with E-state index in [-0.39, 0.29) is 21.7 Å². The fourth-order valence-corrected chi connectivity index (χ4v) is 1.78. The van der Waals surface area contributed by atoms with Gasteiger partial charge in [0, 0.05) is 18.3 Å². The van der Waals surface area contributed by atoms with E-state index in [9.17, 15) is 14.9 Å². The minimum atomic E-state index is -1.45. The molecule has 1 N–H and O–H groups in total. The second kappa shape index (κ2) is 5.94. The lowest BCUT2D eigenvalue weighted by Gasteiger charge is -2.08. The first-order valence-corrected chi connectivity index (χ1v) is 6.15. The Kier molecular flexibility index (Phi) is 4.25. The van der Waals surface area contributed by atoms with Gasteiger partial charge in [-0.3, -0.25) is 10.1 Å². The number of hydrogen-bond donors (Lipinski definition) is 1. The summed E-state index contributed by atoms with van der Waals surface area (Å²) in [5.41, 5.74) is -1.05. The first-order valence-electron chi connectivity index (χ1n) is 5.39. The van der Waals surface area contributed by atoms with E-state index in [1.165, 1.54) is 18.3 Å². The van der Waals surface area contributed by atoms with Gasteiger partial charge in [-0.15, -0.1) is 0 Å². The molecule has 0 atom stereocenters. The summed E-state index contributed by atoms with van der Waals surface area (Å²) >= 11 is 11.7. The predicted octanol–water partition coefficient (Wildman–Crippen LogP) is 3.79. The molecule has 0 aliphatic heterocycles. The van der Waals surface area contributed by atoms with Crippen LogP contribution in [0.15, 0.2) is 30.5 Å². The van der Waals surface area contributed by atoms with Crippen LogP contribution >= 0.6 is 23.2 Å². The molecule has 0 aliphatic carbocycles. The molecule has 1 aromatic heterocycles. The zero-order valence-electron chi connectivity index (χ0n) is 10.1. The number of aromatic nitrogens is 1. The first kappa shape index (κ1) is 15.0. The van der Waals surface area contributed by atoms with Gasteiger partial charge in [0.2, 0.25) is 5.88 Å². The van der Waals surface area contributed by atoms with Crippen LogP contribution in [0.25, 0.3) is 0 Å². The third kappa shape index (κ3) is 3.21. The molecule has 7 nitrogen and oxygen atoms in total. The van der Waals surface area contributed by atoms with E-state index in [1.54, 1.807) is 0 Å². The second-order valence-corrected chi connectivity index (χ2v) is 4.54. The van der Waals surface area contributed by atoms with Gasteiger partial charge in [0.25, 0.3) is 5.69 Å². The molecule has 0 saturated carbocycles. The molecule has 0 amide bonds. The van der Waals surface area contributed by atoms with Crippen LogP contribution in [0.3, 0.4) is 0 Å². The Balaban J connectivity index is 2.42. The summed E-state index contributed by atoms with van der Waals surface area (Å²) < 4.78 is 5.30. The number of carbonyl (C=O) groups is 1. The van der Waals surface area contributed by atoms with Gasteiger partial charge in [-0.1, -0.05) is 23.2 Å². The Hall–Kier alpha value is -2.38. The van der Waals surface area contributed by atoms with E-state index in [2.05, 4.69) is 4.98 Å². The zero-order chi connectivity index (χ0) is 15.6. The van der Waals surface area contributed by atoms with Crippen molar-refractivity contribution < 1.29 is 19.6 Å². The van der Waals surface area contributed by atoms with Gasteiger partial charge in [-0.25, -0.2) is 9.78 Å². The van der Waals surface area contributed by atoms with Crippen LogP contribution in [0, 0.1) is 10.1 Å². The maximum absolute atomic E-state index is 11.0. The van der Waals surface area contributed by atoms with Crippen molar-refractivity contribution in [1.29, 1.82) is 0 Å². The molecule has 0 spiro atoms. The van der Waals surface area contributed by atoms with E-state index >= 15 is 0 Å². The van der Waals surface area contributed by atoms with Crippen molar-refractivity contribution >= 4 is 34.9 Å². The van der Waals surface area contributed by atoms with Crippen molar-refractivity contribution in [1.82, 2.24) is 4.98 Å². The standard InChI is InChI=1S/C12H6Cl2N2O5/c13-8-3-4-15-11(10(8)14)21-6-1-2-9(16(19)20)7(5-6)12(17)18/h1-5H,(H,17,18). The van der Waals surface area contributed by atoms with Crippen LogP contribution in [0.4, 0.5) is 5.69 Å². The van der Waals surface area contributed by atoms with Gasteiger partial charge in [0.15, 0.2) is 0 Å². The number of aromatic carboxylic acids is 1. The third-order valence-corrected chi connectivity index (χ3v) is 3.20. The number of nitro benzene ring substituents is 1. The average molecular weight is 329 g/mol. The summed E-state index contributed by atoms with van der Waals surface area (Å²) in [4.78, 5) is 24.8. The molecule has 0 fully saturated rings. The van der Waals surface area contributed by atoms with Crippen molar-refractivity contribution in [3.05, 3.63) is 56.2 Å². The highest BCUT2D eigenvalue weighted by atomic mass is 35.5. The van der Waals surface area contributed by atoms with Crippen LogP contribution in [0.5, 0.6) is 11.6 Å². The molecule has 1 aromatic carbocycles. The Morgan fingerprint density at radius 3 is 2.67 bits per heavy atom. The zero-order valence-corrected chi connectivity index (χ0v) is 11.6. The SMILES string of the molecule is O=C(O)c1cc(Oc2nccc(Cl)c2Cl)ccc1[N+](=O)[O-]. The molecule has 0 radical (unpaired) electrons. The predicted molar refractivity (Wildman–Crippen MR) is 74.4 cm³/mol. The fraction of sp³-hybridized carbons (Fsp3) is 0. The van der Waals surface area contributed by atoms with Crippen LogP contribution in [-0.2, 0) is 0 Å². The molecule has 108 valence electrons. The van der Waals surface area contributed by atoms with Crippen molar-refractivity contribution in [2.45, 2.75) is 0 Å². The Labute approximate surface area is 127 Å². The highest BCUT2D eigenvalue weighted by molar-refractivity contribution is 6.42. The lowest BCUT2D eigenvalue weighted by molar-refractivity contribution is -0.385.